The lowest BCUT2D eigenvalue weighted by Crippen LogP contribution is -2.22. The first-order valence-corrected chi connectivity index (χ1v) is 5.59. The first-order chi connectivity index (χ1) is 6.77. The zero-order valence-corrected chi connectivity index (χ0v) is 10.1. The van der Waals surface area contributed by atoms with Gasteiger partial charge in [0.05, 0.1) is 6.04 Å². The molecule has 1 atom stereocenters. The molecule has 0 spiro atoms. The van der Waals surface area contributed by atoms with Crippen LogP contribution in [0.15, 0.2) is 16.5 Å². The Balaban J connectivity index is 0.00000112. The molecule has 2 N–H and O–H groups in total. The summed E-state index contributed by atoms with van der Waals surface area (Å²) in [7, 11) is 0. The average molecular weight is 230 g/mol. The minimum absolute atomic E-state index is 0. The molecule has 1 saturated carbocycles. The monoisotopic (exact) mass is 229 g/mol. The van der Waals surface area contributed by atoms with Gasteiger partial charge < -0.3 is 10.2 Å². The molecular weight excluding hydrogens is 210 g/mol. The molecule has 0 amide bonds. The lowest BCUT2D eigenvalue weighted by Gasteiger charge is -2.25. The van der Waals surface area contributed by atoms with Crippen LogP contribution in [-0.4, -0.2) is 0 Å². The summed E-state index contributed by atoms with van der Waals surface area (Å²) in [6.45, 7) is 1.97. The van der Waals surface area contributed by atoms with Gasteiger partial charge >= 0.3 is 0 Å². The third-order valence-corrected chi connectivity index (χ3v) is 3.25. The van der Waals surface area contributed by atoms with Crippen molar-refractivity contribution in [3.8, 4) is 0 Å². The van der Waals surface area contributed by atoms with E-state index >= 15 is 0 Å². The largest absolute Gasteiger partial charge is 0.465 e. The van der Waals surface area contributed by atoms with E-state index in [1.807, 2.05) is 19.1 Å². The maximum absolute atomic E-state index is 6.19. The molecule has 1 aliphatic carbocycles. The summed E-state index contributed by atoms with van der Waals surface area (Å²) in [6.07, 6.45) is 6.57. The first-order valence-electron chi connectivity index (χ1n) is 5.59. The van der Waals surface area contributed by atoms with Gasteiger partial charge in [-0.25, -0.2) is 0 Å². The molecule has 0 aromatic carbocycles. The molecule has 1 aromatic heterocycles. The number of rotatable bonds is 2. The standard InChI is InChI=1S/C12H19NO.ClH/c1-9-7-8-11(14-9)12(13)10-5-3-2-4-6-10;/h7-8,10,12H,2-6,13H2,1H3;1H. The van der Waals surface area contributed by atoms with Crippen molar-refractivity contribution in [2.45, 2.75) is 45.1 Å². The smallest absolute Gasteiger partial charge is 0.121 e. The van der Waals surface area contributed by atoms with Crippen molar-refractivity contribution >= 4 is 12.4 Å². The van der Waals surface area contributed by atoms with E-state index < -0.39 is 0 Å². The van der Waals surface area contributed by atoms with Gasteiger partial charge in [0.25, 0.3) is 0 Å². The number of nitrogens with two attached hydrogens (primary N) is 1. The Labute approximate surface area is 97.6 Å². The minimum Gasteiger partial charge on any atom is -0.465 e. The van der Waals surface area contributed by atoms with Gasteiger partial charge in [0.1, 0.15) is 11.5 Å². The Morgan fingerprint density at radius 1 is 1.27 bits per heavy atom. The van der Waals surface area contributed by atoms with E-state index in [9.17, 15) is 0 Å². The van der Waals surface area contributed by atoms with Gasteiger partial charge in [-0.1, -0.05) is 19.3 Å². The minimum atomic E-state index is 0. The molecule has 3 heteroatoms. The number of halogens is 1. The Kier molecular flexibility index (Phi) is 4.68. The summed E-state index contributed by atoms with van der Waals surface area (Å²) < 4.78 is 5.57. The summed E-state index contributed by atoms with van der Waals surface area (Å²) in [5.74, 6) is 2.56. The maximum Gasteiger partial charge on any atom is 0.121 e. The molecule has 86 valence electrons. The van der Waals surface area contributed by atoms with Gasteiger partial charge in [-0.3, -0.25) is 0 Å². The third-order valence-electron chi connectivity index (χ3n) is 3.25. The summed E-state index contributed by atoms with van der Waals surface area (Å²) in [5.41, 5.74) is 6.19. The summed E-state index contributed by atoms with van der Waals surface area (Å²) in [4.78, 5) is 0. The first kappa shape index (κ1) is 12.6. The topological polar surface area (TPSA) is 39.2 Å². The highest BCUT2D eigenvalue weighted by atomic mass is 35.5. The highest BCUT2D eigenvalue weighted by molar-refractivity contribution is 5.85. The van der Waals surface area contributed by atoms with Crippen LogP contribution >= 0.6 is 12.4 Å². The van der Waals surface area contributed by atoms with Crippen LogP contribution in [0.1, 0.15) is 49.7 Å². The lowest BCUT2D eigenvalue weighted by atomic mass is 9.83. The number of furan rings is 1. The predicted molar refractivity (Wildman–Crippen MR) is 64.2 cm³/mol. The van der Waals surface area contributed by atoms with Crippen LogP contribution in [0, 0.1) is 12.8 Å². The van der Waals surface area contributed by atoms with Crippen molar-refractivity contribution in [3.05, 3.63) is 23.7 Å². The molecule has 1 fully saturated rings. The molecule has 0 aliphatic heterocycles. The van der Waals surface area contributed by atoms with E-state index in [1.165, 1.54) is 32.1 Å². The Bertz CT molecular complexity index is 292. The normalized spacial score (nSPS) is 19.6. The fourth-order valence-corrected chi connectivity index (χ4v) is 2.36. The van der Waals surface area contributed by atoms with Gasteiger partial charge in [0, 0.05) is 0 Å². The van der Waals surface area contributed by atoms with E-state index in [-0.39, 0.29) is 18.4 Å². The van der Waals surface area contributed by atoms with Crippen LogP contribution in [0.4, 0.5) is 0 Å². The Hall–Kier alpha value is -0.470. The predicted octanol–water partition coefficient (Wildman–Crippen LogP) is 3.59. The van der Waals surface area contributed by atoms with Gasteiger partial charge in [0.15, 0.2) is 0 Å². The lowest BCUT2D eigenvalue weighted by molar-refractivity contribution is 0.278. The Morgan fingerprint density at radius 2 is 1.93 bits per heavy atom. The quantitative estimate of drug-likeness (QED) is 0.842. The van der Waals surface area contributed by atoms with E-state index in [4.69, 9.17) is 10.2 Å². The zero-order chi connectivity index (χ0) is 9.97. The van der Waals surface area contributed by atoms with Crippen LogP contribution in [-0.2, 0) is 0 Å². The number of aryl methyl sites for hydroxylation is 1. The maximum atomic E-state index is 6.19. The van der Waals surface area contributed by atoms with Crippen molar-refractivity contribution in [1.82, 2.24) is 0 Å². The average Bonchev–Trinajstić information content (AvgIpc) is 2.65. The van der Waals surface area contributed by atoms with Crippen LogP contribution < -0.4 is 5.73 Å². The zero-order valence-electron chi connectivity index (χ0n) is 9.24. The molecular formula is C12H20ClNO. The van der Waals surface area contributed by atoms with Crippen molar-refractivity contribution in [3.63, 3.8) is 0 Å². The van der Waals surface area contributed by atoms with E-state index in [2.05, 4.69) is 0 Å². The van der Waals surface area contributed by atoms with Crippen LogP contribution in [0.2, 0.25) is 0 Å². The Morgan fingerprint density at radius 3 is 2.47 bits per heavy atom. The van der Waals surface area contributed by atoms with Crippen molar-refractivity contribution in [1.29, 1.82) is 0 Å². The van der Waals surface area contributed by atoms with Crippen molar-refractivity contribution in [2.24, 2.45) is 11.7 Å². The second kappa shape index (κ2) is 5.57. The molecule has 1 aliphatic rings. The molecule has 1 heterocycles. The number of hydrogen-bond donors (Lipinski definition) is 1. The molecule has 0 bridgehead atoms. The molecule has 1 aromatic rings. The van der Waals surface area contributed by atoms with Gasteiger partial charge in [-0.2, -0.15) is 0 Å². The van der Waals surface area contributed by atoms with Crippen LogP contribution in [0.5, 0.6) is 0 Å². The molecule has 0 saturated heterocycles. The fourth-order valence-electron chi connectivity index (χ4n) is 2.36. The van der Waals surface area contributed by atoms with Gasteiger partial charge in [-0.05, 0) is 37.8 Å². The number of hydrogen-bond acceptors (Lipinski definition) is 2. The molecule has 1 unspecified atom stereocenters. The summed E-state index contributed by atoms with van der Waals surface area (Å²) in [6, 6.07) is 4.14. The van der Waals surface area contributed by atoms with Gasteiger partial charge in [-0.15, -0.1) is 12.4 Å². The van der Waals surface area contributed by atoms with Gasteiger partial charge in [0.2, 0.25) is 0 Å². The molecule has 15 heavy (non-hydrogen) atoms. The van der Waals surface area contributed by atoms with Crippen LogP contribution in [0.25, 0.3) is 0 Å². The summed E-state index contributed by atoms with van der Waals surface area (Å²) >= 11 is 0. The summed E-state index contributed by atoms with van der Waals surface area (Å²) in [5, 5.41) is 0. The fraction of sp³-hybridized carbons (Fsp3) is 0.667. The second-order valence-electron chi connectivity index (χ2n) is 4.37. The molecule has 2 rings (SSSR count). The molecule has 2 nitrogen and oxygen atoms in total. The van der Waals surface area contributed by atoms with Crippen molar-refractivity contribution < 1.29 is 4.42 Å². The SMILES string of the molecule is Cc1ccc(C(N)C2CCCCC2)o1.Cl. The van der Waals surface area contributed by atoms with Crippen LogP contribution in [0.3, 0.4) is 0 Å². The van der Waals surface area contributed by atoms with E-state index in [0.717, 1.165) is 11.5 Å². The molecule has 0 radical (unpaired) electrons. The van der Waals surface area contributed by atoms with Crippen molar-refractivity contribution in [2.75, 3.05) is 0 Å². The third kappa shape index (κ3) is 2.99. The second-order valence-corrected chi connectivity index (χ2v) is 4.37. The highest BCUT2D eigenvalue weighted by Gasteiger charge is 2.23. The van der Waals surface area contributed by atoms with E-state index in [1.54, 1.807) is 0 Å². The highest BCUT2D eigenvalue weighted by Crippen LogP contribution is 2.33. The van der Waals surface area contributed by atoms with E-state index in [0.29, 0.717) is 5.92 Å².